The molecule has 0 fully saturated rings. The first-order valence-corrected chi connectivity index (χ1v) is 9.31. The fourth-order valence-corrected chi connectivity index (χ4v) is 4.08. The molecule has 10 heteroatoms. The van der Waals surface area contributed by atoms with Crippen LogP contribution in [-0.4, -0.2) is 43.6 Å². The second-order valence-electron chi connectivity index (χ2n) is 7.61. The van der Waals surface area contributed by atoms with Gasteiger partial charge in [-0.1, -0.05) is 22.0 Å². The summed E-state index contributed by atoms with van der Waals surface area (Å²) in [6, 6.07) is 4.73. The van der Waals surface area contributed by atoms with Crippen molar-refractivity contribution in [3.8, 4) is 0 Å². The second-order valence-corrected chi connectivity index (χ2v) is 8.46. The summed E-state index contributed by atoms with van der Waals surface area (Å²) in [5, 5.41) is 0. The molecule has 2 heterocycles. The molecule has 0 aliphatic carbocycles. The largest absolute Gasteiger partial charge is 0.466 e. The molecule has 1 spiro atoms. The van der Waals surface area contributed by atoms with E-state index in [4.69, 9.17) is 4.74 Å². The summed E-state index contributed by atoms with van der Waals surface area (Å²) in [6.45, 7) is 4.73. The van der Waals surface area contributed by atoms with Crippen LogP contribution in [-0.2, 0) is 24.7 Å². The Kier molecular flexibility index (Phi) is 4.84. The first-order valence-electron chi connectivity index (χ1n) is 8.52. The molecule has 1 aromatic rings. The number of esters is 1. The van der Waals surface area contributed by atoms with Crippen molar-refractivity contribution in [2.24, 2.45) is 4.99 Å². The number of amides is 1. The molecule has 6 nitrogen and oxygen atoms in total. The third kappa shape index (κ3) is 3.13. The number of aliphatic imine (C=N–C) groups is 1. The molecule has 156 valence electrons. The van der Waals surface area contributed by atoms with Crippen LogP contribution >= 0.6 is 15.9 Å². The number of hydrogen-bond acceptors (Lipinski definition) is 5. The second kappa shape index (κ2) is 6.58. The van der Waals surface area contributed by atoms with Gasteiger partial charge in [0.25, 0.3) is 5.91 Å². The normalized spacial score (nSPS) is 23.1. The van der Waals surface area contributed by atoms with Crippen LogP contribution in [0.2, 0.25) is 0 Å². The lowest BCUT2D eigenvalue weighted by atomic mass is 9.85. The Morgan fingerprint density at radius 2 is 1.90 bits per heavy atom. The van der Waals surface area contributed by atoms with E-state index >= 15 is 0 Å². The lowest BCUT2D eigenvalue weighted by molar-refractivity contribution is -0.143. The summed E-state index contributed by atoms with van der Waals surface area (Å²) in [4.78, 5) is 31.1. The van der Waals surface area contributed by atoms with Crippen LogP contribution in [0.3, 0.4) is 0 Å². The Morgan fingerprint density at radius 3 is 2.41 bits per heavy atom. The van der Waals surface area contributed by atoms with Crippen LogP contribution in [0.4, 0.5) is 18.9 Å². The van der Waals surface area contributed by atoms with Crippen molar-refractivity contribution in [2.75, 3.05) is 19.1 Å². The highest BCUT2D eigenvalue weighted by Crippen LogP contribution is 2.56. The van der Waals surface area contributed by atoms with Crippen molar-refractivity contribution < 1.29 is 32.2 Å². The molecule has 0 radical (unpaired) electrons. The standard InChI is InChI=1S/C19H18BrF3N2O4/c1-17(2,3)24-14-12(19(21,22)23)13(15(26)28-5)18(29-14)11-9(20)7-6-8-10(11)25(4)16(18)27/h6-8H,1-5H3. The van der Waals surface area contributed by atoms with E-state index in [1.807, 2.05) is 0 Å². The summed E-state index contributed by atoms with van der Waals surface area (Å²) in [7, 11) is 2.34. The molecule has 0 saturated heterocycles. The van der Waals surface area contributed by atoms with Gasteiger partial charge in [0.1, 0.15) is 11.1 Å². The van der Waals surface area contributed by atoms with E-state index in [1.165, 1.54) is 7.05 Å². The maximum Gasteiger partial charge on any atom is 0.422 e. The SMILES string of the molecule is COC(=O)C1=C(C(F)(F)F)C(=NC(C)(C)C)OC12C(=O)N(C)c1cccc(Br)c12. The van der Waals surface area contributed by atoms with E-state index in [1.54, 1.807) is 39.0 Å². The highest BCUT2D eigenvalue weighted by Gasteiger charge is 2.67. The third-order valence-corrected chi connectivity index (χ3v) is 5.15. The maximum atomic E-state index is 14.1. The summed E-state index contributed by atoms with van der Waals surface area (Å²) in [6.07, 6.45) is -5.01. The minimum absolute atomic E-state index is 0.0914. The number of methoxy groups -OCH3 is 1. The van der Waals surface area contributed by atoms with Gasteiger partial charge in [-0.05, 0) is 32.9 Å². The molecule has 0 saturated carbocycles. The van der Waals surface area contributed by atoms with E-state index in [9.17, 15) is 22.8 Å². The van der Waals surface area contributed by atoms with E-state index in [2.05, 4.69) is 25.7 Å². The number of likely N-dealkylation sites (N-methyl/N-ethyl adjacent to an activating group) is 1. The number of benzene rings is 1. The van der Waals surface area contributed by atoms with Gasteiger partial charge < -0.3 is 14.4 Å². The number of hydrogen-bond donors (Lipinski definition) is 0. The van der Waals surface area contributed by atoms with Gasteiger partial charge in [0.05, 0.1) is 18.3 Å². The van der Waals surface area contributed by atoms with Crippen molar-refractivity contribution in [3.05, 3.63) is 39.4 Å². The molecule has 2 aliphatic rings. The van der Waals surface area contributed by atoms with Gasteiger partial charge in [-0.2, -0.15) is 13.2 Å². The quantitative estimate of drug-likeness (QED) is 0.579. The Morgan fingerprint density at radius 1 is 1.28 bits per heavy atom. The van der Waals surface area contributed by atoms with Gasteiger partial charge >= 0.3 is 12.1 Å². The fraction of sp³-hybridized carbons (Fsp3) is 0.421. The number of nitrogens with zero attached hydrogens (tertiary/aromatic N) is 2. The highest BCUT2D eigenvalue weighted by atomic mass is 79.9. The molecule has 29 heavy (non-hydrogen) atoms. The van der Waals surface area contributed by atoms with Gasteiger partial charge in [0.15, 0.2) is 0 Å². The molecule has 0 N–H and O–H groups in total. The number of ether oxygens (including phenoxy) is 2. The van der Waals surface area contributed by atoms with Crippen LogP contribution in [0.25, 0.3) is 0 Å². The molecular weight excluding hydrogens is 457 g/mol. The first kappa shape index (κ1) is 21.4. The zero-order valence-electron chi connectivity index (χ0n) is 16.3. The van der Waals surface area contributed by atoms with Crippen LogP contribution in [0.1, 0.15) is 26.3 Å². The van der Waals surface area contributed by atoms with Crippen molar-refractivity contribution in [3.63, 3.8) is 0 Å². The molecule has 2 aliphatic heterocycles. The van der Waals surface area contributed by atoms with Crippen LogP contribution in [0, 0.1) is 0 Å². The van der Waals surface area contributed by atoms with Gasteiger partial charge in [-0.25, -0.2) is 9.79 Å². The van der Waals surface area contributed by atoms with Crippen molar-refractivity contribution in [2.45, 2.75) is 38.1 Å². The Bertz CT molecular complexity index is 979. The van der Waals surface area contributed by atoms with Crippen molar-refractivity contribution >= 4 is 39.4 Å². The lowest BCUT2D eigenvalue weighted by Crippen LogP contribution is -2.43. The van der Waals surface area contributed by atoms with E-state index in [-0.39, 0.29) is 5.56 Å². The van der Waals surface area contributed by atoms with Gasteiger partial charge in [-0.3, -0.25) is 4.79 Å². The monoisotopic (exact) mass is 474 g/mol. The average molecular weight is 475 g/mol. The van der Waals surface area contributed by atoms with E-state index in [0.29, 0.717) is 10.2 Å². The Hall–Kier alpha value is -2.36. The van der Waals surface area contributed by atoms with E-state index in [0.717, 1.165) is 12.0 Å². The predicted octanol–water partition coefficient (Wildman–Crippen LogP) is 3.88. The lowest BCUT2D eigenvalue weighted by Gasteiger charge is -2.25. The molecular formula is C19H18BrF3N2O4. The van der Waals surface area contributed by atoms with Crippen molar-refractivity contribution in [1.29, 1.82) is 0 Å². The zero-order valence-corrected chi connectivity index (χ0v) is 17.9. The number of anilines is 1. The Labute approximate surface area is 173 Å². The molecule has 0 aromatic heterocycles. The molecule has 1 unspecified atom stereocenters. The number of alkyl halides is 3. The van der Waals surface area contributed by atoms with Crippen LogP contribution in [0.15, 0.2) is 38.8 Å². The van der Waals surface area contributed by atoms with Crippen molar-refractivity contribution in [1.82, 2.24) is 0 Å². The average Bonchev–Trinajstić information content (AvgIpc) is 3.02. The number of carbonyl (C=O) groups is 2. The summed E-state index contributed by atoms with van der Waals surface area (Å²) >= 11 is 3.28. The fourth-order valence-electron chi connectivity index (χ4n) is 3.44. The zero-order chi connectivity index (χ0) is 21.9. The first-order chi connectivity index (χ1) is 13.3. The number of fused-ring (bicyclic) bond motifs is 2. The smallest absolute Gasteiger partial charge is 0.422 e. The number of halogens is 4. The van der Waals surface area contributed by atoms with E-state index < -0.39 is 46.2 Å². The molecule has 0 bridgehead atoms. The summed E-state index contributed by atoms with van der Waals surface area (Å²) in [5.41, 5.74) is -5.27. The topological polar surface area (TPSA) is 68.2 Å². The molecule has 3 rings (SSSR count). The molecule has 1 aromatic carbocycles. The van der Waals surface area contributed by atoms with Gasteiger partial charge in [0, 0.05) is 17.1 Å². The number of rotatable bonds is 1. The van der Waals surface area contributed by atoms with Crippen LogP contribution < -0.4 is 4.90 Å². The minimum atomic E-state index is -5.01. The van der Waals surface area contributed by atoms with Crippen LogP contribution in [0.5, 0.6) is 0 Å². The van der Waals surface area contributed by atoms with Gasteiger partial charge in [0.2, 0.25) is 11.5 Å². The molecule has 1 amide bonds. The molecule has 1 atom stereocenters. The predicted molar refractivity (Wildman–Crippen MR) is 103 cm³/mol. The highest BCUT2D eigenvalue weighted by molar-refractivity contribution is 9.10. The number of carbonyl (C=O) groups excluding carboxylic acids is 2. The maximum absolute atomic E-state index is 14.1. The van der Waals surface area contributed by atoms with Gasteiger partial charge in [-0.15, -0.1) is 0 Å². The third-order valence-electron chi connectivity index (χ3n) is 4.49. The Balaban J connectivity index is 2.49. The minimum Gasteiger partial charge on any atom is -0.466 e. The summed E-state index contributed by atoms with van der Waals surface area (Å²) in [5.74, 6) is -2.99. The summed E-state index contributed by atoms with van der Waals surface area (Å²) < 4.78 is 53.0.